The average Bonchev–Trinajstić information content (AvgIpc) is 3.06. The molecule has 0 aliphatic rings. The summed E-state index contributed by atoms with van der Waals surface area (Å²) in [4.78, 5) is 12.3. The number of carbonyl (C=O) groups excluding carboxylic acids is 1. The van der Waals surface area contributed by atoms with Crippen molar-refractivity contribution < 1.29 is 4.79 Å². The number of fused-ring (bicyclic) bond motifs is 3. The van der Waals surface area contributed by atoms with Gasteiger partial charge in [0.05, 0.1) is 6.21 Å². The van der Waals surface area contributed by atoms with E-state index in [9.17, 15) is 4.79 Å². The molecule has 4 heteroatoms. The van der Waals surface area contributed by atoms with Crippen LogP contribution in [-0.2, 0) is 11.3 Å². The molecule has 0 aliphatic heterocycles. The number of nitrogens with one attached hydrogen (secondary N) is 1. The van der Waals surface area contributed by atoms with Crippen LogP contribution in [0.5, 0.6) is 0 Å². The predicted octanol–water partition coefficient (Wildman–Crippen LogP) is 5.46. The summed E-state index contributed by atoms with van der Waals surface area (Å²) in [7, 11) is 0. The van der Waals surface area contributed by atoms with Crippen molar-refractivity contribution in [2.24, 2.45) is 5.10 Å². The Labute approximate surface area is 170 Å². The van der Waals surface area contributed by atoms with E-state index in [2.05, 4.69) is 65.3 Å². The Hall–Kier alpha value is -3.40. The van der Waals surface area contributed by atoms with Gasteiger partial charge in [0, 0.05) is 34.8 Å². The summed E-state index contributed by atoms with van der Waals surface area (Å²) in [5.41, 5.74) is 7.20. The molecule has 146 valence electrons. The molecule has 0 fully saturated rings. The van der Waals surface area contributed by atoms with Gasteiger partial charge >= 0.3 is 0 Å². The summed E-state index contributed by atoms with van der Waals surface area (Å²) in [5, 5.41) is 6.54. The number of amides is 1. The molecule has 1 heterocycles. The smallest absolute Gasteiger partial charge is 0.241 e. The number of nitrogens with zero attached hydrogens (tertiary/aromatic N) is 2. The molecule has 29 heavy (non-hydrogen) atoms. The van der Waals surface area contributed by atoms with Crippen LogP contribution < -0.4 is 5.43 Å². The topological polar surface area (TPSA) is 46.4 Å². The molecule has 0 spiro atoms. The van der Waals surface area contributed by atoms with Crippen LogP contribution in [0.25, 0.3) is 21.8 Å². The Morgan fingerprint density at radius 2 is 1.52 bits per heavy atom. The SMILES string of the molecule is CC(C)c1ccc(/C=N\NC(=O)CCn2c3ccccc3c3ccccc32)cc1. The van der Waals surface area contributed by atoms with Gasteiger partial charge in [-0.25, -0.2) is 5.43 Å². The highest BCUT2D eigenvalue weighted by Crippen LogP contribution is 2.28. The molecule has 3 aromatic carbocycles. The molecular weight excluding hydrogens is 358 g/mol. The van der Waals surface area contributed by atoms with Crippen molar-refractivity contribution in [3.63, 3.8) is 0 Å². The van der Waals surface area contributed by atoms with Gasteiger partial charge in [-0.3, -0.25) is 4.79 Å². The van der Waals surface area contributed by atoms with Gasteiger partial charge in [-0.1, -0.05) is 74.5 Å². The fourth-order valence-electron chi connectivity index (χ4n) is 3.66. The third-order valence-corrected chi connectivity index (χ3v) is 5.25. The summed E-state index contributed by atoms with van der Waals surface area (Å²) < 4.78 is 2.21. The molecule has 0 unspecified atom stereocenters. The van der Waals surface area contributed by atoms with Crippen molar-refractivity contribution in [1.29, 1.82) is 0 Å². The fraction of sp³-hybridized carbons (Fsp3) is 0.200. The summed E-state index contributed by atoms with van der Waals surface area (Å²) in [6.07, 6.45) is 2.05. The van der Waals surface area contributed by atoms with Crippen LogP contribution in [0.2, 0.25) is 0 Å². The van der Waals surface area contributed by atoms with E-state index in [-0.39, 0.29) is 5.91 Å². The van der Waals surface area contributed by atoms with E-state index in [0.717, 1.165) is 16.6 Å². The van der Waals surface area contributed by atoms with E-state index in [4.69, 9.17) is 0 Å². The normalized spacial score (nSPS) is 11.7. The Morgan fingerprint density at radius 3 is 2.10 bits per heavy atom. The number of carbonyl (C=O) groups is 1. The van der Waals surface area contributed by atoms with Crippen molar-refractivity contribution >= 4 is 33.9 Å². The first-order chi connectivity index (χ1) is 14.1. The van der Waals surface area contributed by atoms with Crippen molar-refractivity contribution in [3.8, 4) is 0 Å². The van der Waals surface area contributed by atoms with E-state index < -0.39 is 0 Å². The minimum absolute atomic E-state index is 0.0955. The van der Waals surface area contributed by atoms with Gasteiger partial charge in [0.1, 0.15) is 0 Å². The number of aromatic nitrogens is 1. The molecule has 4 nitrogen and oxygen atoms in total. The number of benzene rings is 3. The van der Waals surface area contributed by atoms with Crippen LogP contribution >= 0.6 is 0 Å². The second-order valence-corrected chi connectivity index (χ2v) is 7.55. The van der Waals surface area contributed by atoms with Crippen LogP contribution in [0.1, 0.15) is 37.3 Å². The third-order valence-electron chi connectivity index (χ3n) is 5.25. The lowest BCUT2D eigenvalue weighted by molar-refractivity contribution is -0.121. The average molecular weight is 383 g/mol. The van der Waals surface area contributed by atoms with Crippen molar-refractivity contribution in [2.45, 2.75) is 32.7 Å². The number of rotatable bonds is 6. The molecule has 4 aromatic rings. The minimum atomic E-state index is -0.0955. The molecule has 1 amide bonds. The van der Waals surface area contributed by atoms with Crippen LogP contribution in [0, 0.1) is 0 Å². The zero-order chi connectivity index (χ0) is 20.2. The van der Waals surface area contributed by atoms with Gasteiger partial charge in [0.15, 0.2) is 0 Å². The lowest BCUT2D eigenvalue weighted by Crippen LogP contribution is -2.19. The van der Waals surface area contributed by atoms with E-state index in [1.54, 1.807) is 6.21 Å². The Bertz CT molecular complexity index is 1120. The molecule has 0 atom stereocenters. The summed E-state index contributed by atoms with van der Waals surface area (Å²) in [6.45, 7) is 4.94. The quantitative estimate of drug-likeness (QED) is 0.349. The molecule has 0 radical (unpaired) electrons. The Kier molecular flexibility index (Phi) is 5.43. The molecule has 0 aliphatic carbocycles. The van der Waals surface area contributed by atoms with E-state index >= 15 is 0 Å². The highest BCUT2D eigenvalue weighted by molar-refractivity contribution is 6.08. The number of para-hydroxylation sites is 2. The number of hydrogen-bond donors (Lipinski definition) is 1. The standard InChI is InChI=1S/C25H25N3O/c1-18(2)20-13-11-19(12-14-20)17-26-27-25(29)15-16-28-23-9-5-3-7-21(23)22-8-4-6-10-24(22)28/h3-14,17-18H,15-16H2,1-2H3,(H,27,29)/b26-17-. The molecule has 1 N–H and O–H groups in total. The lowest BCUT2D eigenvalue weighted by Gasteiger charge is -2.07. The summed E-state index contributed by atoms with van der Waals surface area (Å²) in [5.74, 6) is 0.406. The van der Waals surface area contributed by atoms with Crippen LogP contribution in [0.3, 0.4) is 0 Å². The number of hydrogen-bond acceptors (Lipinski definition) is 2. The molecular formula is C25H25N3O. The largest absolute Gasteiger partial charge is 0.340 e. The first kappa shape index (κ1) is 18.9. The van der Waals surface area contributed by atoms with E-state index in [1.165, 1.54) is 16.3 Å². The van der Waals surface area contributed by atoms with Gasteiger partial charge in [-0.2, -0.15) is 5.10 Å². The molecule has 4 rings (SSSR count). The van der Waals surface area contributed by atoms with Gasteiger partial charge in [0.2, 0.25) is 5.91 Å². The number of aryl methyl sites for hydroxylation is 1. The summed E-state index contributed by atoms with van der Waals surface area (Å²) >= 11 is 0. The highest BCUT2D eigenvalue weighted by atomic mass is 16.2. The monoisotopic (exact) mass is 383 g/mol. The maximum absolute atomic E-state index is 12.3. The van der Waals surface area contributed by atoms with E-state index in [0.29, 0.717) is 18.9 Å². The van der Waals surface area contributed by atoms with Gasteiger partial charge in [-0.05, 0) is 29.2 Å². The van der Waals surface area contributed by atoms with Crippen LogP contribution in [0.15, 0.2) is 77.9 Å². The van der Waals surface area contributed by atoms with Gasteiger partial charge in [0.25, 0.3) is 0 Å². The van der Waals surface area contributed by atoms with Crippen molar-refractivity contribution in [3.05, 3.63) is 83.9 Å². The molecule has 1 aromatic heterocycles. The zero-order valence-corrected chi connectivity index (χ0v) is 16.8. The Morgan fingerprint density at radius 1 is 0.931 bits per heavy atom. The maximum Gasteiger partial charge on any atom is 0.241 e. The van der Waals surface area contributed by atoms with Gasteiger partial charge < -0.3 is 4.57 Å². The van der Waals surface area contributed by atoms with E-state index in [1.807, 2.05) is 36.4 Å². The summed E-state index contributed by atoms with van der Waals surface area (Å²) in [6, 6.07) is 24.9. The first-order valence-electron chi connectivity index (χ1n) is 10.0. The predicted molar refractivity (Wildman–Crippen MR) is 120 cm³/mol. The fourth-order valence-corrected chi connectivity index (χ4v) is 3.66. The Balaban J connectivity index is 1.42. The second-order valence-electron chi connectivity index (χ2n) is 7.55. The van der Waals surface area contributed by atoms with Gasteiger partial charge in [-0.15, -0.1) is 0 Å². The van der Waals surface area contributed by atoms with Crippen LogP contribution in [0.4, 0.5) is 0 Å². The van der Waals surface area contributed by atoms with Crippen molar-refractivity contribution in [2.75, 3.05) is 0 Å². The maximum atomic E-state index is 12.3. The van der Waals surface area contributed by atoms with Crippen molar-refractivity contribution in [1.82, 2.24) is 9.99 Å². The minimum Gasteiger partial charge on any atom is -0.340 e. The molecule has 0 saturated heterocycles. The third kappa shape index (κ3) is 4.06. The highest BCUT2D eigenvalue weighted by Gasteiger charge is 2.10. The molecule has 0 saturated carbocycles. The zero-order valence-electron chi connectivity index (χ0n) is 16.8. The molecule has 0 bridgehead atoms. The number of hydrazone groups is 1. The van der Waals surface area contributed by atoms with Crippen LogP contribution in [-0.4, -0.2) is 16.7 Å². The first-order valence-corrected chi connectivity index (χ1v) is 10.0. The lowest BCUT2D eigenvalue weighted by atomic mass is 10.0. The second kappa shape index (κ2) is 8.31.